The predicted octanol–water partition coefficient (Wildman–Crippen LogP) is 5.17. The van der Waals surface area contributed by atoms with Crippen LogP contribution >= 0.6 is 43.2 Å². The second-order valence-electron chi connectivity index (χ2n) is 4.12. The van der Waals surface area contributed by atoms with Crippen LogP contribution in [0.15, 0.2) is 26.5 Å². The Morgan fingerprint density at radius 3 is 2.37 bits per heavy atom. The number of hydrogen-bond acceptors (Lipinski definition) is 2. The van der Waals surface area contributed by atoms with Crippen molar-refractivity contribution in [3.05, 3.63) is 54.1 Å². The van der Waals surface area contributed by atoms with Crippen molar-refractivity contribution in [2.45, 2.75) is 13.0 Å². The molecule has 0 radical (unpaired) electrons. The fourth-order valence-corrected chi connectivity index (χ4v) is 3.85. The summed E-state index contributed by atoms with van der Waals surface area (Å²) in [6.07, 6.45) is 0. The molecule has 1 atom stereocenters. The lowest BCUT2D eigenvalue weighted by Gasteiger charge is -2.16. The quantitative estimate of drug-likeness (QED) is 0.688. The van der Waals surface area contributed by atoms with E-state index in [0.717, 1.165) is 20.3 Å². The summed E-state index contributed by atoms with van der Waals surface area (Å²) < 4.78 is 28.8. The zero-order valence-electron chi connectivity index (χ0n) is 10.2. The highest BCUT2D eigenvalue weighted by atomic mass is 79.9. The Balaban J connectivity index is 2.50. The number of thiophene rings is 1. The van der Waals surface area contributed by atoms with E-state index in [1.807, 2.05) is 13.0 Å². The van der Waals surface area contributed by atoms with Crippen LogP contribution in [0.2, 0.25) is 0 Å². The van der Waals surface area contributed by atoms with Crippen LogP contribution in [0.1, 0.15) is 22.0 Å². The summed E-state index contributed by atoms with van der Waals surface area (Å²) in [5.41, 5.74) is 1.38. The highest BCUT2D eigenvalue weighted by molar-refractivity contribution is 9.11. The van der Waals surface area contributed by atoms with Crippen LogP contribution in [-0.4, -0.2) is 7.05 Å². The summed E-state index contributed by atoms with van der Waals surface area (Å²) in [6.45, 7) is 1.97. The maximum atomic E-state index is 14.0. The van der Waals surface area contributed by atoms with Crippen molar-refractivity contribution >= 4 is 43.2 Å². The predicted molar refractivity (Wildman–Crippen MR) is 81.7 cm³/mol. The fraction of sp³-hybridized carbons (Fsp3) is 0.231. The Hall–Kier alpha value is -0.300. The SMILES string of the molecule is CNC(c1cc(C)c(Br)s1)c1cc(F)c(Br)cc1F. The van der Waals surface area contributed by atoms with Gasteiger partial charge >= 0.3 is 0 Å². The van der Waals surface area contributed by atoms with E-state index >= 15 is 0 Å². The number of nitrogens with one attached hydrogen (secondary N) is 1. The van der Waals surface area contributed by atoms with Crippen LogP contribution in [0.25, 0.3) is 0 Å². The number of rotatable bonds is 3. The summed E-state index contributed by atoms with van der Waals surface area (Å²) in [5, 5.41) is 3.03. The van der Waals surface area contributed by atoms with Gasteiger partial charge in [0.25, 0.3) is 0 Å². The average molecular weight is 411 g/mol. The van der Waals surface area contributed by atoms with Crippen molar-refractivity contribution in [3.63, 3.8) is 0 Å². The Morgan fingerprint density at radius 1 is 1.16 bits per heavy atom. The van der Waals surface area contributed by atoms with Crippen molar-refractivity contribution < 1.29 is 8.78 Å². The van der Waals surface area contributed by atoms with Gasteiger partial charge in [-0.05, 0) is 69.6 Å². The van der Waals surface area contributed by atoms with Gasteiger partial charge in [-0.3, -0.25) is 0 Å². The molecule has 1 nitrogen and oxygen atoms in total. The topological polar surface area (TPSA) is 12.0 Å². The molecule has 0 fully saturated rings. The van der Waals surface area contributed by atoms with Crippen LogP contribution in [0, 0.1) is 18.6 Å². The molecular weight excluding hydrogens is 400 g/mol. The zero-order chi connectivity index (χ0) is 14.2. The van der Waals surface area contributed by atoms with Crippen LogP contribution in [0.5, 0.6) is 0 Å². The van der Waals surface area contributed by atoms with Crippen LogP contribution in [-0.2, 0) is 0 Å². The van der Waals surface area contributed by atoms with E-state index in [2.05, 4.69) is 37.2 Å². The van der Waals surface area contributed by atoms with Gasteiger partial charge in [0, 0.05) is 10.4 Å². The smallest absolute Gasteiger partial charge is 0.137 e. The molecule has 2 rings (SSSR count). The van der Waals surface area contributed by atoms with Gasteiger partial charge in [0.05, 0.1) is 14.3 Å². The van der Waals surface area contributed by atoms with E-state index in [1.165, 1.54) is 17.4 Å². The summed E-state index contributed by atoms with van der Waals surface area (Å²) >= 11 is 7.94. The van der Waals surface area contributed by atoms with Gasteiger partial charge < -0.3 is 5.32 Å². The minimum absolute atomic E-state index is 0.132. The van der Waals surface area contributed by atoms with E-state index < -0.39 is 11.6 Å². The summed E-state index contributed by atoms with van der Waals surface area (Å²) in [7, 11) is 1.73. The molecule has 0 bridgehead atoms. The summed E-state index contributed by atoms with van der Waals surface area (Å²) in [4.78, 5) is 0.937. The normalized spacial score (nSPS) is 12.7. The number of benzene rings is 1. The molecule has 1 aromatic heterocycles. The average Bonchev–Trinajstić information content (AvgIpc) is 2.67. The largest absolute Gasteiger partial charge is 0.309 e. The van der Waals surface area contributed by atoms with Crippen LogP contribution in [0.4, 0.5) is 8.78 Å². The number of aryl methyl sites for hydroxylation is 1. The van der Waals surface area contributed by atoms with Crippen LogP contribution < -0.4 is 5.32 Å². The van der Waals surface area contributed by atoms with E-state index in [4.69, 9.17) is 0 Å². The third-order valence-electron chi connectivity index (χ3n) is 2.80. The Morgan fingerprint density at radius 2 is 1.84 bits per heavy atom. The number of hydrogen-bond donors (Lipinski definition) is 1. The van der Waals surface area contributed by atoms with Gasteiger partial charge in [-0.15, -0.1) is 11.3 Å². The third-order valence-corrected chi connectivity index (χ3v) is 5.61. The lowest BCUT2D eigenvalue weighted by molar-refractivity contribution is 0.557. The Bertz CT molecular complexity index is 593. The molecule has 6 heteroatoms. The zero-order valence-corrected chi connectivity index (χ0v) is 14.2. The maximum Gasteiger partial charge on any atom is 0.137 e. The van der Waals surface area contributed by atoms with Gasteiger partial charge in [-0.1, -0.05) is 0 Å². The second kappa shape index (κ2) is 5.99. The molecule has 102 valence electrons. The Labute approximate surface area is 131 Å². The molecule has 1 N–H and O–H groups in total. The first-order chi connectivity index (χ1) is 8.93. The molecule has 19 heavy (non-hydrogen) atoms. The van der Waals surface area contributed by atoms with Gasteiger partial charge in [0.1, 0.15) is 11.6 Å². The third kappa shape index (κ3) is 3.07. The van der Waals surface area contributed by atoms with E-state index in [9.17, 15) is 8.78 Å². The van der Waals surface area contributed by atoms with Gasteiger partial charge in [0.2, 0.25) is 0 Å². The van der Waals surface area contributed by atoms with Crippen molar-refractivity contribution in [3.8, 4) is 0 Å². The highest BCUT2D eigenvalue weighted by Crippen LogP contribution is 2.36. The van der Waals surface area contributed by atoms with Crippen molar-refractivity contribution in [1.29, 1.82) is 0 Å². The molecule has 1 aromatic carbocycles. The van der Waals surface area contributed by atoms with Gasteiger partial charge in [0.15, 0.2) is 0 Å². The molecule has 0 amide bonds. The molecule has 0 saturated carbocycles. The van der Waals surface area contributed by atoms with Gasteiger partial charge in [-0.2, -0.15) is 0 Å². The first-order valence-corrected chi connectivity index (χ1v) is 7.91. The van der Waals surface area contributed by atoms with Crippen molar-refractivity contribution in [2.24, 2.45) is 0 Å². The van der Waals surface area contributed by atoms with E-state index in [-0.39, 0.29) is 10.5 Å². The lowest BCUT2D eigenvalue weighted by Crippen LogP contribution is -2.18. The van der Waals surface area contributed by atoms with Crippen molar-refractivity contribution in [2.75, 3.05) is 7.05 Å². The van der Waals surface area contributed by atoms with E-state index in [0.29, 0.717) is 5.56 Å². The summed E-state index contributed by atoms with van der Waals surface area (Å²) in [5.74, 6) is -0.904. The first kappa shape index (κ1) is 15.1. The van der Waals surface area contributed by atoms with Crippen LogP contribution in [0.3, 0.4) is 0 Å². The van der Waals surface area contributed by atoms with Crippen molar-refractivity contribution in [1.82, 2.24) is 5.32 Å². The second-order valence-corrected chi connectivity index (χ2v) is 7.37. The number of halogens is 4. The molecular formula is C13H11Br2F2NS. The molecule has 1 unspecified atom stereocenters. The molecule has 2 aromatic rings. The molecule has 0 aliphatic heterocycles. The molecule has 0 aliphatic carbocycles. The minimum atomic E-state index is -0.469. The first-order valence-electron chi connectivity index (χ1n) is 5.51. The minimum Gasteiger partial charge on any atom is -0.309 e. The van der Waals surface area contributed by atoms with Gasteiger partial charge in [-0.25, -0.2) is 8.78 Å². The molecule has 0 aliphatic rings. The lowest BCUT2D eigenvalue weighted by atomic mass is 10.0. The standard InChI is InChI=1S/C13H11Br2F2NS/c1-6-3-11(19-13(6)15)12(18-2)7-4-10(17)8(14)5-9(7)16/h3-5,12,18H,1-2H3. The molecule has 0 saturated heterocycles. The highest BCUT2D eigenvalue weighted by Gasteiger charge is 2.21. The monoisotopic (exact) mass is 409 g/mol. The molecule has 0 spiro atoms. The Kier molecular flexibility index (Phi) is 4.76. The van der Waals surface area contributed by atoms with E-state index in [1.54, 1.807) is 7.05 Å². The molecule has 1 heterocycles. The maximum absolute atomic E-state index is 14.0. The summed E-state index contributed by atoms with van der Waals surface area (Å²) in [6, 6.07) is 3.99. The fourth-order valence-electron chi connectivity index (χ4n) is 1.84.